The van der Waals surface area contributed by atoms with Crippen LogP contribution in [0.25, 0.3) is 10.9 Å². The predicted octanol–water partition coefficient (Wildman–Crippen LogP) is 2.97. The summed E-state index contributed by atoms with van der Waals surface area (Å²) in [7, 11) is 1.65. The molecule has 2 aliphatic heterocycles. The summed E-state index contributed by atoms with van der Waals surface area (Å²) < 4.78 is 16.1. The molecule has 0 bridgehead atoms. The van der Waals surface area contributed by atoms with E-state index in [2.05, 4.69) is 21.6 Å². The Labute approximate surface area is 146 Å². The second-order valence-electron chi connectivity index (χ2n) is 6.69. The number of carbonyl (C=O) groups excluding carboxylic acids is 1. The van der Waals surface area contributed by atoms with Gasteiger partial charge in [0.2, 0.25) is 0 Å². The van der Waals surface area contributed by atoms with Gasteiger partial charge in [-0.05, 0) is 30.5 Å². The lowest BCUT2D eigenvalue weighted by molar-refractivity contribution is 0.0829. The van der Waals surface area contributed by atoms with Crippen molar-refractivity contribution in [3.8, 4) is 0 Å². The van der Waals surface area contributed by atoms with Crippen molar-refractivity contribution in [3.05, 3.63) is 23.4 Å². The Morgan fingerprint density at radius 3 is 2.96 bits per heavy atom. The number of hydrogen-bond donors (Lipinski definition) is 2. The molecule has 0 spiro atoms. The van der Waals surface area contributed by atoms with Crippen molar-refractivity contribution >= 4 is 22.7 Å². The number of hydrogen-bond acceptors (Lipinski definition) is 5. The summed E-state index contributed by atoms with van der Waals surface area (Å²) in [5.41, 5.74) is 3.90. The van der Waals surface area contributed by atoms with Crippen molar-refractivity contribution in [2.75, 3.05) is 32.2 Å². The third-order valence-electron chi connectivity index (χ3n) is 5.04. The molecule has 2 aliphatic rings. The number of rotatable bonds is 4. The van der Waals surface area contributed by atoms with Crippen molar-refractivity contribution < 1.29 is 19.0 Å². The van der Waals surface area contributed by atoms with Gasteiger partial charge in [0.25, 0.3) is 0 Å². The Morgan fingerprint density at radius 1 is 1.32 bits per heavy atom. The van der Waals surface area contributed by atoms with Crippen LogP contribution in [0.15, 0.2) is 12.1 Å². The fourth-order valence-corrected chi connectivity index (χ4v) is 3.69. The summed E-state index contributed by atoms with van der Waals surface area (Å²) in [6.45, 7) is 2.15. The number of cyclic esters (lactones) is 1. The van der Waals surface area contributed by atoms with Crippen LogP contribution < -0.4 is 5.32 Å². The molecule has 3 heterocycles. The molecule has 1 aromatic heterocycles. The number of ether oxygens (including phenoxy) is 3. The minimum Gasteiger partial charge on any atom is -0.446 e. The number of nitrogens with zero attached hydrogens (tertiary/aromatic N) is 1. The van der Waals surface area contributed by atoms with E-state index in [0.29, 0.717) is 25.4 Å². The van der Waals surface area contributed by atoms with Gasteiger partial charge in [0, 0.05) is 62.5 Å². The molecule has 1 unspecified atom stereocenters. The standard InChI is InChI=1S/C18H23N3O4/c1-23-5-4-13-8-12-9-14-16(10-15(12)19-18(22)25-13)20-21-17(14)11-2-6-24-7-3-11/h9-11,13H,2-8H2,1H3,(H,19,22)(H,20,21). The zero-order valence-corrected chi connectivity index (χ0v) is 14.3. The highest BCUT2D eigenvalue weighted by Gasteiger charge is 2.25. The van der Waals surface area contributed by atoms with E-state index < -0.39 is 6.09 Å². The minimum absolute atomic E-state index is 0.183. The molecule has 7 heteroatoms. The molecule has 2 aromatic rings. The summed E-state index contributed by atoms with van der Waals surface area (Å²) in [5, 5.41) is 11.6. The van der Waals surface area contributed by atoms with Crippen molar-refractivity contribution in [2.24, 2.45) is 0 Å². The maximum Gasteiger partial charge on any atom is 0.411 e. The van der Waals surface area contributed by atoms with Crippen LogP contribution in [0.2, 0.25) is 0 Å². The van der Waals surface area contributed by atoms with Crippen LogP contribution in [0.1, 0.15) is 36.4 Å². The summed E-state index contributed by atoms with van der Waals surface area (Å²) in [6.07, 6.45) is 2.76. The molecule has 0 saturated carbocycles. The van der Waals surface area contributed by atoms with Crippen LogP contribution in [-0.2, 0) is 20.6 Å². The van der Waals surface area contributed by atoms with Gasteiger partial charge in [0.15, 0.2) is 0 Å². The van der Waals surface area contributed by atoms with E-state index in [4.69, 9.17) is 14.2 Å². The average molecular weight is 345 g/mol. The summed E-state index contributed by atoms with van der Waals surface area (Å²) in [5.74, 6) is 0.442. The monoisotopic (exact) mass is 345 g/mol. The number of methoxy groups -OCH3 is 1. The third-order valence-corrected chi connectivity index (χ3v) is 5.04. The summed E-state index contributed by atoms with van der Waals surface area (Å²) >= 11 is 0. The number of aromatic amines is 1. The number of fused-ring (bicyclic) bond motifs is 2. The molecule has 0 radical (unpaired) electrons. The Hall–Kier alpha value is -2.12. The number of amides is 1. The molecule has 1 amide bonds. The molecule has 2 N–H and O–H groups in total. The number of aromatic nitrogens is 2. The second-order valence-corrected chi connectivity index (χ2v) is 6.69. The van der Waals surface area contributed by atoms with E-state index in [9.17, 15) is 4.79 Å². The Kier molecular flexibility index (Phi) is 4.59. The van der Waals surface area contributed by atoms with Gasteiger partial charge >= 0.3 is 6.09 Å². The maximum absolute atomic E-state index is 12.0. The van der Waals surface area contributed by atoms with Gasteiger partial charge in [0.05, 0.1) is 5.52 Å². The topological polar surface area (TPSA) is 85.5 Å². The molecule has 7 nitrogen and oxygen atoms in total. The van der Waals surface area contributed by atoms with Crippen LogP contribution in [0.3, 0.4) is 0 Å². The van der Waals surface area contributed by atoms with E-state index >= 15 is 0 Å². The van der Waals surface area contributed by atoms with Crippen molar-refractivity contribution in [2.45, 2.75) is 37.7 Å². The molecular weight excluding hydrogens is 322 g/mol. The SMILES string of the molecule is COCCC1Cc2cc3c(C4CCOCC4)[nH]nc3cc2NC(=O)O1. The lowest BCUT2D eigenvalue weighted by atomic mass is 9.92. The molecule has 4 rings (SSSR count). The highest BCUT2D eigenvalue weighted by molar-refractivity contribution is 5.93. The van der Waals surface area contributed by atoms with Gasteiger partial charge in [-0.2, -0.15) is 5.10 Å². The molecule has 1 fully saturated rings. The molecule has 0 aliphatic carbocycles. The Bertz CT molecular complexity index is 767. The number of carbonyl (C=O) groups is 1. The van der Waals surface area contributed by atoms with Crippen molar-refractivity contribution in [1.29, 1.82) is 0 Å². The first-order chi connectivity index (χ1) is 12.2. The van der Waals surface area contributed by atoms with Gasteiger partial charge in [-0.1, -0.05) is 0 Å². The first-order valence-electron chi connectivity index (χ1n) is 8.80. The van der Waals surface area contributed by atoms with E-state index in [0.717, 1.165) is 48.2 Å². The Balaban J connectivity index is 1.68. The lowest BCUT2D eigenvalue weighted by Crippen LogP contribution is -2.21. The fraction of sp³-hybridized carbons (Fsp3) is 0.556. The number of benzene rings is 1. The van der Waals surface area contributed by atoms with Gasteiger partial charge in [-0.25, -0.2) is 4.79 Å². The van der Waals surface area contributed by atoms with Crippen molar-refractivity contribution in [1.82, 2.24) is 10.2 Å². The third kappa shape index (κ3) is 3.34. The number of H-pyrrole nitrogens is 1. The quantitative estimate of drug-likeness (QED) is 0.890. The fourth-order valence-electron chi connectivity index (χ4n) is 3.69. The predicted molar refractivity (Wildman–Crippen MR) is 93.0 cm³/mol. The van der Waals surface area contributed by atoms with Gasteiger partial charge in [-0.15, -0.1) is 0 Å². The molecule has 134 valence electrons. The van der Waals surface area contributed by atoms with Crippen LogP contribution >= 0.6 is 0 Å². The van der Waals surface area contributed by atoms with E-state index in [-0.39, 0.29) is 6.10 Å². The molecule has 25 heavy (non-hydrogen) atoms. The highest BCUT2D eigenvalue weighted by atomic mass is 16.6. The minimum atomic E-state index is -0.417. The number of nitrogens with one attached hydrogen (secondary N) is 2. The van der Waals surface area contributed by atoms with Gasteiger partial charge in [0.1, 0.15) is 6.10 Å². The van der Waals surface area contributed by atoms with Crippen LogP contribution in [0.5, 0.6) is 0 Å². The van der Waals surface area contributed by atoms with E-state index in [1.807, 2.05) is 6.07 Å². The molecule has 1 atom stereocenters. The van der Waals surface area contributed by atoms with Gasteiger partial charge < -0.3 is 14.2 Å². The number of anilines is 1. The smallest absolute Gasteiger partial charge is 0.411 e. The van der Waals surface area contributed by atoms with Crippen molar-refractivity contribution in [3.63, 3.8) is 0 Å². The summed E-state index contributed by atoms with van der Waals surface area (Å²) in [6, 6.07) is 4.08. The Morgan fingerprint density at radius 2 is 2.16 bits per heavy atom. The largest absolute Gasteiger partial charge is 0.446 e. The van der Waals surface area contributed by atoms with Gasteiger partial charge in [-0.3, -0.25) is 10.4 Å². The maximum atomic E-state index is 12.0. The molecule has 1 aromatic carbocycles. The zero-order chi connectivity index (χ0) is 17.2. The molecule has 1 saturated heterocycles. The van der Waals surface area contributed by atoms with E-state index in [1.165, 1.54) is 5.69 Å². The lowest BCUT2D eigenvalue weighted by Gasteiger charge is -2.21. The highest BCUT2D eigenvalue weighted by Crippen LogP contribution is 2.34. The summed E-state index contributed by atoms with van der Waals surface area (Å²) in [4.78, 5) is 12.0. The van der Waals surface area contributed by atoms with Crippen LogP contribution in [0, 0.1) is 0 Å². The second kappa shape index (κ2) is 7.01. The zero-order valence-electron chi connectivity index (χ0n) is 14.3. The molecular formula is C18H23N3O4. The normalized spacial score (nSPS) is 21.5. The van der Waals surface area contributed by atoms with Crippen LogP contribution in [0.4, 0.5) is 10.5 Å². The van der Waals surface area contributed by atoms with Crippen LogP contribution in [-0.4, -0.2) is 49.3 Å². The average Bonchev–Trinajstić information content (AvgIpc) is 2.95. The van der Waals surface area contributed by atoms with E-state index in [1.54, 1.807) is 7.11 Å². The first-order valence-corrected chi connectivity index (χ1v) is 8.80. The first kappa shape index (κ1) is 16.4.